The van der Waals surface area contributed by atoms with Crippen molar-refractivity contribution in [3.05, 3.63) is 145 Å². The van der Waals surface area contributed by atoms with Crippen LogP contribution in [0.5, 0.6) is 23.0 Å². The summed E-state index contributed by atoms with van der Waals surface area (Å²) in [5.41, 5.74) is 7.32. The van der Waals surface area contributed by atoms with E-state index in [0.717, 1.165) is 0 Å². The van der Waals surface area contributed by atoms with E-state index in [4.69, 9.17) is 19.9 Å². The number of aromatic nitrogens is 4. The highest BCUT2D eigenvalue weighted by molar-refractivity contribution is 6.11. The van der Waals surface area contributed by atoms with Gasteiger partial charge in [-0.1, -0.05) is 48.5 Å². The average Bonchev–Trinajstić information content (AvgIpc) is 3.13. The van der Waals surface area contributed by atoms with Crippen molar-refractivity contribution in [1.29, 1.82) is 0 Å². The van der Waals surface area contributed by atoms with Crippen molar-refractivity contribution in [3.8, 4) is 68.0 Å². The Morgan fingerprint density at radius 3 is 0.960 bits per heavy atom. The van der Waals surface area contributed by atoms with Crippen LogP contribution in [0.1, 0.15) is 15.9 Å². The molecule has 8 rings (SSSR count). The van der Waals surface area contributed by atoms with Gasteiger partial charge in [0.2, 0.25) is 0 Å². The Morgan fingerprint density at radius 1 is 0.360 bits per heavy atom. The number of carbonyl (C=O) groups excluding carboxylic acids is 1. The van der Waals surface area contributed by atoms with E-state index in [-0.39, 0.29) is 28.8 Å². The van der Waals surface area contributed by atoms with Gasteiger partial charge >= 0.3 is 0 Å². The zero-order valence-corrected chi connectivity index (χ0v) is 26.2. The van der Waals surface area contributed by atoms with E-state index in [1.807, 2.05) is 24.3 Å². The predicted molar refractivity (Wildman–Crippen MR) is 191 cm³/mol. The molecule has 8 aromatic rings. The van der Waals surface area contributed by atoms with Crippen molar-refractivity contribution < 1.29 is 25.2 Å². The number of fused-ring (bicyclic) bond motifs is 2. The molecule has 0 amide bonds. The van der Waals surface area contributed by atoms with E-state index in [0.29, 0.717) is 78.2 Å². The zero-order chi connectivity index (χ0) is 34.4. The number of rotatable bonds is 6. The Balaban J connectivity index is 1.23. The molecule has 9 nitrogen and oxygen atoms in total. The second kappa shape index (κ2) is 12.1. The van der Waals surface area contributed by atoms with Crippen molar-refractivity contribution in [2.45, 2.75) is 0 Å². The van der Waals surface area contributed by atoms with Crippen LogP contribution < -0.4 is 0 Å². The van der Waals surface area contributed by atoms with Gasteiger partial charge in [0.05, 0.1) is 44.8 Å². The highest BCUT2D eigenvalue weighted by Gasteiger charge is 2.19. The third-order valence-electron chi connectivity index (χ3n) is 8.33. The second-order valence-electron chi connectivity index (χ2n) is 11.8. The van der Waals surface area contributed by atoms with Crippen molar-refractivity contribution in [3.63, 3.8) is 0 Å². The minimum absolute atomic E-state index is 0.0656. The third kappa shape index (κ3) is 5.69. The lowest BCUT2D eigenvalue weighted by Gasteiger charge is -2.13. The van der Waals surface area contributed by atoms with Crippen molar-refractivity contribution in [1.82, 2.24) is 19.9 Å². The van der Waals surface area contributed by atoms with Gasteiger partial charge in [0.25, 0.3) is 0 Å². The smallest absolute Gasteiger partial charge is 0.193 e. The molecular weight excluding hydrogens is 628 g/mol. The van der Waals surface area contributed by atoms with Gasteiger partial charge in [-0.25, -0.2) is 19.9 Å². The normalized spacial score (nSPS) is 11.2. The highest BCUT2D eigenvalue weighted by Crippen LogP contribution is 2.36. The summed E-state index contributed by atoms with van der Waals surface area (Å²) in [4.78, 5) is 33.5. The number of phenols is 4. The SMILES string of the molecule is O=C(c1ccc2nc(-c3cccc(O)c3)c(-c3cccc(O)c3)nc2c1)c1ccc2nc(-c3cccc(O)c3)c(-c3cccc(O)c3)nc2c1. The highest BCUT2D eigenvalue weighted by atomic mass is 16.3. The van der Waals surface area contributed by atoms with Crippen LogP contribution in [-0.4, -0.2) is 46.1 Å². The summed E-state index contributed by atoms with van der Waals surface area (Å²) in [6.07, 6.45) is 0. The molecule has 2 aromatic heterocycles. The first-order chi connectivity index (χ1) is 24.3. The first-order valence-electron chi connectivity index (χ1n) is 15.6. The van der Waals surface area contributed by atoms with Gasteiger partial charge in [0.15, 0.2) is 5.78 Å². The Bertz CT molecular complexity index is 2460. The summed E-state index contributed by atoms with van der Waals surface area (Å²) in [7, 11) is 0. The molecule has 240 valence electrons. The Kier molecular flexibility index (Phi) is 7.34. The standard InChI is InChI=1S/C41H26N4O5/c46-29-9-1-5-23(17-29)37-39(25-7-3-11-31(48)19-25)44-35-21-27(13-15-33(35)42-37)41(50)28-14-16-34-36(22-28)45-40(26-8-4-12-32(49)20-26)38(43-34)24-6-2-10-30(47)18-24/h1-22,46-49H. The van der Waals surface area contributed by atoms with Gasteiger partial charge in [0.1, 0.15) is 23.0 Å². The molecule has 50 heavy (non-hydrogen) atoms. The van der Waals surface area contributed by atoms with Gasteiger partial charge in [-0.2, -0.15) is 0 Å². The second-order valence-corrected chi connectivity index (χ2v) is 11.8. The summed E-state index contributed by atoms with van der Waals surface area (Å²) in [6.45, 7) is 0. The lowest BCUT2D eigenvalue weighted by atomic mass is 10.00. The fraction of sp³-hybridized carbons (Fsp3) is 0. The molecule has 0 unspecified atom stereocenters. The van der Waals surface area contributed by atoms with Crippen LogP contribution in [0.25, 0.3) is 67.1 Å². The monoisotopic (exact) mass is 654 g/mol. The van der Waals surface area contributed by atoms with Gasteiger partial charge in [-0.3, -0.25) is 4.79 Å². The van der Waals surface area contributed by atoms with Crippen molar-refractivity contribution in [2.24, 2.45) is 0 Å². The summed E-state index contributed by atoms with van der Waals surface area (Å²) in [5.74, 6) is 0.0322. The average molecular weight is 655 g/mol. The van der Waals surface area contributed by atoms with Crippen molar-refractivity contribution in [2.75, 3.05) is 0 Å². The molecule has 0 fully saturated rings. The summed E-state index contributed by atoms with van der Waals surface area (Å²) in [6, 6.07) is 37.0. The molecule has 0 saturated carbocycles. The number of phenolic OH excluding ortho intramolecular Hbond substituents is 4. The predicted octanol–water partition coefficient (Wildman–Crippen LogP) is 8.29. The van der Waals surface area contributed by atoms with E-state index in [9.17, 15) is 25.2 Å². The number of nitrogens with zero attached hydrogens (tertiary/aromatic N) is 4. The summed E-state index contributed by atoms with van der Waals surface area (Å²) < 4.78 is 0. The molecular formula is C41H26N4O5. The zero-order valence-electron chi connectivity index (χ0n) is 26.2. The van der Waals surface area contributed by atoms with Crippen LogP contribution in [0, 0.1) is 0 Å². The van der Waals surface area contributed by atoms with E-state index in [2.05, 4.69) is 0 Å². The van der Waals surface area contributed by atoms with Crippen LogP contribution in [0.15, 0.2) is 133 Å². The number of benzene rings is 6. The fourth-order valence-electron chi connectivity index (χ4n) is 5.98. The van der Waals surface area contributed by atoms with E-state index >= 15 is 0 Å². The summed E-state index contributed by atoms with van der Waals surface area (Å²) >= 11 is 0. The maximum atomic E-state index is 14.0. The summed E-state index contributed by atoms with van der Waals surface area (Å²) in [5, 5.41) is 40.8. The number of carbonyl (C=O) groups is 1. The molecule has 6 aromatic carbocycles. The molecule has 0 saturated heterocycles. The molecule has 0 bridgehead atoms. The number of hydrogen-bond acceptors (Lipinski definition) is 9. The van der Waals surface area contributed by atoms with Gasteiger partial charge in [-0.15, -0.1) is 0 Å². The maximum Gasteiger partial charge on any atom is 0.193 e. The number of hydrogen-bond donors (Lipinski definition) is 4. The van der Waals surface area contributed by atoms with Crippen LogP contribution in [0.3, 0.4) is 0 Å². The maximum absolute atomic E-state index is 14.0. The largest absolute Gasteiger partial charge is 0.508 e. The number of ketones is 1. The van der Waals surface area contributed by atoms with Gasteiger partial charge in [0, 0.05) is 33.4 Å². The molecule has 0 atom stereocenters. The first kappa shape index (κ1) is 30.2. The van der Waals surface area contributed by atoms with E-state index in [1.165, 1.54) is 0 Å². The molecule has 0 aliphatic carbocycles. The molecule has 9 heteroatoms. The quantitative estimate of drug-likeness (QED) is 0.130. The minimum atomic E-state index is -0.260. The fourth-order valence-corrected chi connectivity index (χ4v) is 5.98. The Labute approximate surface area is 285 Å². The van der Waals surface area contributed by atoms with Crippen LogP contribution in [0.2, 0.25) is 0 Å². The molecule has 2 heterocycles. The van der Waals surface area contributed by atoms with Crippen LogP contribution in [-0.2, 0) is 0 Å². The Morgan fingerprint density at radius 2 is 0.660 bits per heavy atom. The van der Waals surface area contributed by atoms with Gasteiger partial charge < -0.3 is 20.4 Å². The lowest BCUT2D eigenvalue weighted by molar-refractivity contribution is 0.103. The molecule has 0 aliphatic rings. The topological polar surface area (TPSA) is 150 Å². The Hall–Kier alpha value is -7.13. The number of aromatic hydroxyl groups is 4. The van der Waals surface area contributed by atoms with Gasteiger partial charge in [-0.05, 0) is 84.9 Å². The molecule has 0 spiro atoms. The van der Waals surface area contributed by atoms with E-state index < -0.39 is 0 Å². The lowest BCUT2D eigenvalue weighted by Crippen LogP contribution is -2.04. The van der Waals surface area contributed by atoms with E-state index in [1.54, 1.807) is 109 Å². The third-order valence-corrected chi connectivity index (χ3v) is 8.33. The van der Waals surface area contributed by atoms with Crippen LogP contribution in [0.4, 0.5) is 0 Å². The van der Waals surface area contributed by atoms with Crippen molar-refractivity contribution >= 4 is 27.9 Å². The molecule has 0 radical (unpaired) electrons. The first-order valence-corrected chi connectivity index (χ1v) is 15.6. The minimum Gasteiger partial charge on any atom is -0.508 e. The van der Waals surface area contributed by atoms with Crippen LogP contribution >= 0.6 is 0 Å². The molecule has 0 aliphatic heterocycles. The molecule has 4 N–H and O–H groups in total.